The molecule has 5 heteroatoms. The van der Waals surface area contributed by atoms with Gasteiger partial charge < -0.3 is 14.8 Å². The molecule has 1 amide bonds. The molecule has 0 aromatic heterocycles. The van der Waals surface area contributed by atoms with Gasteiger partial charge in [0, 0.05) is 6.42 Å². The van der Waals surface area contributed by atoms with Crippen LogP contribution in [0.5, 0.6) is 0 Å². The third-order valence-electron chi connectivity index (χ3n) is 4.12. The highest BCUT2D eigenvalue weighted by molar-refractivity contribution is 5.91. The first-order valence-corrected chi connectivity index (χ1v) is 8.50. The van der Waals surface area contributed by atoms with Gasteiger partial charge in [-0.05, 0) is 24.5 Å². The zero-order valence-electron chi connectivity index (χ0n) is 15.0. The smallest absolute Gasteiger partial charge is 0.328 e. The lowest BCUT2D eigenvalue weighted by atomic mass is 9.90. The zero-order chi connectivity index (χ0) is 18.9. The number of rotatable bonds is 8. The molecule has 0 aliphatic rings. The van der Waals surface area contributed by atoms with Crippen molar-refractivity contribution < 1.29 is 19.1 Å². The minimum absolute atomic E-state index is 0.0455. The van der Waals surface area contributed by atoms with Crippen LogP contribution in [0.2, 0.25) is 0 Å². The predicted octanol–water partition coefficient (Wildman–Crippen LogP) is 2.85. The molecule has 0 saturated carbocycles. The first-order chi connectivity index (χ1) is 12.5. The van der Waals surface area contributed by atoms with Crippen LogP contribution >= 0.6 is 0 Å². The van der Waals surface area contributed by atoms with Crippen LogP contribution in [0.25, 0.3) is 0 Å². The quantitative estimate of drug-likeness (QED) is 0.741. The predicted molar refractivity (Wildman–Crippen MR) is 98.6 cm³/mol. The molecular formula is C21H23NO4. The zero-order valence-corrected chi connectivity index (χ0v) is 15.0. The Morgan fingerprint density at radius 2 is 1.42 bits per heavy atom. The van der Waals surface area contributed by atoms with Crippen LogP contribution in [-0.4, -0.2) is 30.8 Å². The third-order valence-corrected chi connectivity index (χ3v) is 4.12. The van der Waals surface area contributed by atoms with Crippen LogP contribution in [0.1, 0.15) is 36.8 Å². The van der Waals surface area contributed by atoms with Gasteiger partial charge in [-0.15, -0.1) is 0 Å². The molecule has 1 N–H and O–H groups in total. The van der Waals surface area contributed by atoms with Crippen LogP contribution in [0, 0.1) is 0 Å². The van der Waals surface area contributed by atoms with Gasteiger partial charge in [-0.2, -0.15) is 0 Å². The molecule has 0 heterocycles. The first-order valence-electron chi connectivity index (χ1n) is 8.50. The van der Waals surface area contributed by atoms with Gasteiger partial charge in [0.2, 0.25) is 5.91 Å². The summed E-state index contributed by atoms with van der Waals surface area (Å²) in [4.78, 5) is 36.3. The number of benzene rings is 2. The second-order valence-corrected chi connectivity index (χ2v) is 6.08. The summed E-state index contributed by atoms with van der Waals surface area (Å²) in [6.07, 6.45) is 0.408. The topological polar surface area (TPSA) is 72.5 Å². The molecule has 2 aromatic carbocycles. The lowest BCUT2D eigenvalue weighted by Gasteiger charge is -2.22. The molecule has 0 aliphatic heterocycles. The molecule has 2 rings (SSSR count). The van der Waals surface area contributed by atoms with E-state index in [-0.39, 0.29) is 24.5 Å². The van der Waals surface area contributed by atoms with Crippen LogP contribution in [0.4, 0.5) is 0 Å². The first kappa shape index (κ1) is 19.4. The number of hydrogen-bond acceptors (Lipinski definition) is 4. The van der Waals surface area contributed by atoms with Crippen molar-refractivity contribution in [2.75, 3.05) is 7.11 Å². The van der Waals surface area contributed by atoms with E-state index in [0.29, 0.717) is 0 Å². The summed E-state index contributed by atoms with van der Waals surface area (Å²) in [7, 11) is 1.27. The van der Waals surface area contributed by atoms with E-state index in [1.54, 1.807) is 0 Å². The highest BCUT2D eigenvalue weighted by Gasteiger charge is 2.28. The highest BCUT2D eigenvalue weighted by atomic mass is 16.5. The van der Waals surface area contributed by atoms with Crippen molar-refractivity contribution in [2.45, 2.75) is 31.7 Å². The monoisotopic (exact) mass is 353 g/mol. The average molecular weight is 353 g/mol. The van der Waals surface area contributed by atoms with Crippen LogP contribution in [0.3, 0.4) is 0 Å². The summed E-state index contributed by atoms with van der Waals surface area (Å²) in [5, 5.41) is 2.75. The van der Waals surface area contributed by atoms with E-state index in [0.717, 1.165) is 11.1 Å². The van der Waals surface area contributed by atoms with Crippen molar-refractivity contribution in [2.24, 2.45) is 0 Å². The normalized spacial score (nSPS) is 11.7. The number of nitrogens with one attached hydrogen (secondary N) is 1. The fourth-order valence-corrected chi connectivity index (χ4v) is 2.78. The second kappa shape index (κ2) is 9.51. The van der Waals surface area contributed by atoms with Gasteiger partial charge in [-0.1, -0.05) is 60.7 Å². The molecule has 0 bridgehead atoms. The number of hydrogen-bond donors (Lipinski definition) is 1. The van der Waals surface area contributed by atoms with Crippen molar-refractivity contribution in [3.05, 3.63) is 71.8 Å². The number of Topliss-reactive ketones (excluding diaryl/α,β-unsaturated/α-hetero) is 1. The van der Waals surface area contributed by atoms with E-state index in [4.69, 9.17) is 4.74 Å². The maximum Gasteiger partial charge on any atom is 0.328 e. The van der Waals surface area contributed by atoms with Crippen molar-refractivity contribution >= 4 is 17.7 Å². The Kier molecular flexibility index (Phi) is 7.09. The van der Waals surface area contributed by atoms with E-state index < -0.39 is 17.9 Å². The fourth-order valence-electron chi connectivity index (χ4n) is 2.78. The van der Waals surface area contributed by atoms with Gasteiger partial charge in [0.1, 0.15) is 11.8 Å². The van der Waals surface area contributed by atoms with Gasteiger partial charge >= 0.3 is 5.97 Å². The molecule has 136 valence electrons. The molecule has 0 unspecified atom stereocenters. The Hall–Kier alpha value is -2.95. The maximum absolute atomic E-state index is 13.0. The molecule has 1 atom stereocenters. The highest BCUT2D eigenvalue weighted by Crippen LogP contribution is 2.25. The largest absolute Gasteiger partial charge is 0.467 e. The molecule has 26 heavy (non-hydrogen) atoms. The summed E-state index contributed by atoms with van der Waals surface area (Å²) in [6, 6.07) is 17.9. The Morgan fingerprint density at radius 3 is 1.85 bits per heavy atom. The van der Waals surface area contributed by atoms with Crippen molar-refractivity contribution in [1.82, 2.24) is 5.32 Å². The van der Waals surface area contributed by atoms with Crippen LogP contribution in [-0.2, 0) is 19.1 Å². The summed E-state index contributed by atoms with van der Waals surface area (Å²) < 4.78 is 4.77. The van der Waals surface area contributed by atoms with Crippen LogP contribution < -0.4 is 5.32 Å². The molecule has 0 fully saturated rings. The van der Waals surface area contributed by atoms with Crippen molar-refractivity contribution in [1.29, 1.82) is 0 Å². The molecule has 0 radical (unpaired) electrons. The Morgan fingerprint density at radius 1 is 0.923 bits per heavy atom. The third kappa shape index (κ3) is 5.28. The fraction of sp³-hybridized carbons (Fsp3) is 0.286. The number of methoxy groups -OCH3 is 1. The summed E-state index contributed by atoms with van der Waals surface area (Å²) in [5.74, 6) is -1.46. The minimum atomic E-state index is -0.855. The van der Waals surface area contributed by atoms with E-state index in [9.17, 15) is 14.4 Å². The Balaban J connectivity index is 2.27. The number of ketones is 1. The summed E-state index contributed by atoms with van der Waals surface area (Å²) in [5.41, 5.74) is 1.65. The molecule has 2 aromatic rings. The minimum Gasteiger partial charge on any atom is -0.467 e. The number of esters is 1. The number of carbonyl (C=O) groups is 3. The molecule has 0 aliphatic carbocycles. The molecular weight excluding hydrogens is 330 g/mol. The molecule has 5 nitrogen and oxygen atoms in total. The van der Waals surface area contributed by atoms with Gasteiger partial charge in [0.05, 0.1) is 13.0 Å². The molecule has 0 spiro atoms. The van der Waals surface area contributed by atoms with E-state index in [2.05, 4.69) is 5.32 Å². The number of amides is 1. The van der Waals surface area contributed by atoms with Crippen molar-refractivity contribution in [3.63, 3.8) is 0 Å². The van der Waals surface area contributed by atoms with E-state index in [1.165, 1.54) is 14.0 Å². The van der Waals surface area contributed by atoms with Crippen LogP contribution in [0.15, 0.2) is 60.7 Å². The van der Waals surface area contributed by atoms with E-state index in [1.807, 2.05) is 60.7 Å². The lowest BCUT2D eigenvalue weighted by Crippen LogP contribution is -2.44. The molecule has 0 saturated heterocycles. The van der Waals surface area contributed by atoms with Crippen molar-refractivity contribution in [3.8, 4) is 0 Å². The standard InChI is InChI=1S/C21H23NO4/c1-15(23)13-14-18(21(25)26-2)22-20(24)19(16-9-5-3-6-10-16)17-11-7-4-8-12-17/h3-12,18-19H,13-14H2,1-2H3,(H,22,24)/t18-/m0/s1. The number of ether oxygens (including phenoxy) is 1. The average Bonchev–Trinajstić information content (AvgIpc) is 2.66. The number of carbonyl (C=O) groups excluding carboxylic acids is 3. The van der Waals surface area contributed by atoms with E-state index >= 15 is 0 Å². The lowest BCUT2D eigenvalue weighted by molar-refractivity contribution is -0.145. The SMILES string of the molecule is COC(=O)[C@H](CCC(C)=O)NC(=O)C(c1ccccc1)c1ccccc1. The van der Waals surface area contributed by atoms with Gasteiger partial charge in [-0.3, -0.25) is 4.79 Å². The Labute approximate surface area is 153 Å². The maximum atomic E-state index is 13.0. The second-order valence-electron chi connectivity index (χ2n) is 6.08. The summed E-state index contributed by atoms with van der Waals surface area (Å²) >= 11 is 0. The van der Waals surface area contributed by atoms with Gasteiger partial charge in [-0.25, -0.2) is 4.79 Å². The van der Waals surface area contributed by atoms with Gasteiger partial charge in [0.15, 0.2) is 0 Å². The van der Waals surface area contributed by atoms with Gasteiger partial charge in [0.25, 0.3) is 0 Å². The summed E-state index contributed by atoms with van der Waals surface area (Å²) in [6.45, 7) is 1.45. The Bertz CT molecular complexity index is 704.